The number of sulfonamides is 2. The summed E-state index contributed by atoms with van der Waals surface area (Å²) in [6, 6.07) is 12.1. The Hall–Kier alpha value is -1.94. The quantitative estimate of drug-likeness (QED) is 0.594. The first kappa shape index (κ1) is 24.3. The van der Waals surface area contributed by atoms with Gasteiger partial charge < -0.3 is 4.74 Å². The van der Waals surface area contributed by atoms with Gasteiger partial charge in [-0.15, -0.1) is 0 Å². The Bertz CT molecular complexity index is 1030. The highest BCUT2D eigenvalue weighted by Crippen LogP contribution is 2.26. The van der Waals surface area contributed by atoms with E-state index in [1.54, 1.807) is 33.1 Å². The topological polar surface area (TPSA) is 92.8 Å². The van der Waals surface area contributed by atoms with Crippen LogP contribution in [0.4, 0.5) is 0 Å². The number of ether oxygens (including phenoxy) is 1. The van der Waals surface area contributed by atoms with Crippen molar-refractivity contribution >= 4 is 20.0 Å². The van der Waals surface area contributed by atoms with Gasteiger partial charge in [-0.25, -0.2) is 21.6 Å². The highest BCUT2D eigenvalue weighted by atomic mass is 32.2. The third-order valence-corrected chi connectivity index (χ3v) is 8.42. The van der Waals surface area contributed by atoms with E-state index in [1.165, 1.54) is 28.6 Å². The standard InChI is InChI=1S/C21H30N2O5S2/c1-6-23(7-2)30(26,27)20-14-12-19(13-15-20)29(24,25)22-21(16(3)4)17-8-10-18(28-5)11-9-17/h8-16,21-22H,6-7H2,1-5H3. The van der Waals surface area contributed by atoms with Crippen molar-refractivity contribution < 1.29 is 21.6 Å². The largest absolute Gasteiger partial charge is 0.497 e. The van der Waals surface area contributed by atoms with Crippen LogP contribution in [-0.2, 0) is 20.0 Å². The zero-order valence-corrected chi connectivity index (χ0v) is 19.6. The molecule has 166 valence electrons. The van der Waals surface area contributed by atoms with Crippen molar-refractivity contribution in [3.8, 4) is 5.75 Å². The number of hydrogen-bond acceptors (Lipinski definition) is 5. The lowest BCUT2D eigenvalue weighted by molar-refractivity contribution is 0.413. The second-order valence-electron chi connectivity index (χ2n) is 7.18. The summed E-state index contributed by atoms with van der Waals surface area (Å²) in [6.07, 6.45) is 0. The van der Waals surface area contributed by atoms with Crippen LogP contribution in [0.1, 0.15) is 39.3 Å². The molecule has 0 amide bonds. The first-order chi connectivity index (χ1) is 14.1. The zero-order chi connectivity index (χ0) is 22.5. The molecule has 1 N–H and O–H groups in total. The third-order valence-electron chi connectivity index (χ3n) is 4.90. The van der Waals surface area contributed by atoms with E-state index >= 15 is 0 Å². The Morgan fingerprint density at radius 1 is 0.867 bits per heavy atom. The fourth-order valence-electron chi connectivity index (χ4n) is 3.14. The summed E-state index contributed by atoms with van der Waals surface area (Å²) in [7, 11) is -5.92. The summed E-state index contributed by atoms with van der Waals surface area (Å²) in [5.74, 6) is 0.685. The molecule has 2 aromatic carbocycles. The van der Waals surface area contributed by atoms with Crippen LogP contribution in [0.5, 0.6) is 5.75 Å². The minimum atomic E-state index is -3.85. The molecule has 0 saturated carbocycles. The summed E-state index contributed by atoms with van der Waals surface area (Å²) >= 11 is 0. The zero-order valence-electron chi connectivity index (χ0n) is 18.0. The van der Waals surface area contributed by atoms with Gasteiger partial charge >= 0.3 is 0 Å². The van der Waals surface area contributed by atoms with Gasteiger partial charge in [-0.05, 0) is 47.9 Å². The Labute approximate surface area is 180 Å². The predicted molar refractivity (Wildman–Crippen MR) is 117 cm³/mol. The van der Waals surface area contributed by atoms with Gasteiger partial charge in [-0.2, -0.15) is 4.31 Å². The van der Waals surface area contributed by atoms with Crippen molar-refractivity contribution in [3.05, 3.63) is 54.1 Å². The van der Waals surface area contributed by atoms with Crippen LogP contribution in [0.25, 0.3) is 0 Å². The van der Waals surface area contributed by atoms with Crippen LogP contribution in [0.2, 0.25) is 0 Å². The molecule has 0 spiro atoms. The van der Waals surface area contributed by atoms with Crippen molar-refractivity contribution in [3.63, 3.8) is 0 Å². The fraction of sp³-hybridized carbons (Fsp3) is 0.429. The van der Waals surface area contributed by atoms with Crippen molar-refractivity contribution in [2.45, 2.75) is 43.5 Å². The van der Waals surface area contributed by atoms with Gasteiger partial charge in [0.2, 0.25) is 20.0 Å². The van der Waals surface area contributed by atoms with Gasteiger partial charge in [0.05, 0.1) is 16.9 Å². The molecule has 9 heteroatoms. The van der Waals surface area contributed by atoms with Crippen molar-refractivity contribution in [2.24, 2.45) is 5.92 Å². The van der Waals surface area contributed by atoms with Crippen molar-refractivity contribution in [1.29, 1.82) is 0 Å². The number of methoxy groups -OCH3 is 1. The minimum Gasteiger partial charge on any atom is -0.497 e. The molecule has 0 aromatic heterocycles. The lowest BCUT2D eigenvalue weighted by Gasteiger charge is -2.23. The molecular formula is C21H30N2O5S2. The van der Waals surface area contributed by atoms with Gasteiger partial charge in [-0.1, -0.05) is 39.8 Å². The molecule has 0 bridgehead atoms. The fourth-order valence-corrected chi connectivity index (χ4v) is 5.97. The summed E-state index contributed by atoms with van der Waals surface area (Å²) in [5.41, 5.74) is 0.815. The Morgan fingerprint density at radius 3 is 1.80 bits per heavy atom. The summed E-state index contributed by atoms with van der Waals surface area (Å²) in [5, 5.41) is 0. The summed E-state index contributed by atoms with van der Waals surface area (Å²) in [4.78, 5) is 0.0841. The number of rotatable bonds is 10. The van der Waals surface area contributed by atoms with E-state index in [-0.39, 0.29) is 15.7 Å². The molecule has 0 saturated heterocycles. The third kappa shape index (κ3) is 5.40. The molecule has 7 nitrogen and oxygen atoms in total. The van der Waals surface area contributed by atoms with Crippen molar-refractivity contribution in [2.75, 3.05) is 20.2 Å². The van der Waals surface area contributed by atoms with Crippen LogP contribution in [0.3, 0.4) is 0 Å². The van der Waals surface area contributed by atoms with E-state index in [0.29, 0.717) is 18.8 Å². The Morgan fingerprint density at radius 2 is 1.37 bits per heavy atom. The van der Waals surface area contributed by atoms with Gasteiger partial charge in [0.25, 0.3) is 0 Å². The van der Waals surface area contributed by atoms with Gasteiger partial charge in [0.1, 0.15) is 5.75 Å². The van der Waals surface area contributed by atoms with Crippen LogP contribution in [-0.4, -0.2) is 41.3 Å². The average molecular weight is 455 g/mol. The Balaban J connectivity index is 2.31. The van der Waals surface area contributed by atoms with E-state index in [4.69, 9.17) is 4.74 Å². The van der Waals surface area contributed by atoms with E-state index in [0.717, 1.165) is 5.56 Å². The number of nitrogens with zero attached hydrogens (tertiary/aromatic N) is 1. The molecular weight excluding hydrogens is 424 g/mol. The lowest BCUT2D eigenvalue weighted by atomic mass is 9.97. The molecule has 0 fully saturated rings. The van der Waals surface area contributed by atoms with Gasteiger partial charge in [0.15, 0.2) is 0 Å². The van der Waals surface area contributed by atoms with Gasteiger partial charge in [0, 0.05) is 19.1 Å². The normalized spacial score (nSPS) is 13.6. The molecule has 0 heterocycles. The molecule has 0 aliphatic rings. The SMILES string of the molecule is CCN(CC)S(=O)(=O)c1ccc(S(=O)(=O)NC(c2ccc(OC)cc2)C(C)C)cc1. The maximum Gasteiger partial charge on any atom is 0.243 e. The highest BCUT2D eigenvalue weighted by molar-refractivity contribution is 7.89. The summed E-state index contributed by atoms with van der Waals surface area (Å²) in [6.45, 7) is 8.06. The Kier molecular flexibility index (Phi) is 8.04. The van der Waals surface area contributed by atoms with Crippen LogP contribution < -0.4 is 9.46 Å². The lowest BCUT2D eigenvalue weighted by Crippen LogP contribution is -2.32. The molecule has 1 unspecified atom stereocenters. The number of benzene rings is 2. The molecule has 0 radical (unpaired) electrons. The highest BCUT2D eigenvalue weighted by Gasteiger charge is 2.26. The smallest absolute Gasteiger partial charge is 0.243 e. The molecule has 2 aromatic rings. The number of hydrogen-bond donors (Lipinski definition) is 1. The summed E-state index contributed by atoms with van der Waals surface area (Å²) < 4.78 is 60.4. The molecule has 0 aliphatic carbocycles. The molecule has 2 rings (SSSR count). The monoisotopic (exact) mass is 454 g/mol. The first-order valence-electron chi connectivity index (χ1n) is 9.83. The molecule has 30 heavy (non-hydrogen) atoms. The predicted octanol–water partition coefficient (Wildman–Crippen LogP) is 3.40. The minimum absolute atomic E-state index is 0.00418. The van der Waals surface area contributed by atoms with Crippen molar-refractivity contribution in [1.82, 2.24) is 9.03 Å². The first-order valence-corrected chi connectivity index (χ1v) is 12.8. The second kappa shape index (κ2) is 9.91. The van der Waals surface area contributed by atoms with Crippen LogP contribution in [0, 0.1) is 5.92 Å². The van der Waals surface area contributed by atoms with E-state index in [9.17, 15) is 16.8 Å². The van der Waals surface area contributed by atoms with E-state index in [1.807, 2.05) is 26.0 Å². The second-order valence-corrected chi connectivity index (χ2v) is 10.8. The van der Waals surface area contributed by atoms with Gasteiger partial charge in [-0.3, -0.25) is 0 Å². The van der Waals surface area contributed by atoms with E-state index in [2.05, 4.69) is 4.72 Å². The molecule has 0 aliphatic heterocycles. The maximum absolute atomic E-state index is 13.0. The van der Waals surface area contributed by atoms with E-state index < -0.39 is 26.1 Å². The average Bonchev–Trinajstić information content (AvgIpc) is 2.73. The maximum atomic E-state index is 13.0. The van der Waals surface area contributed by atoms with Crippen LogP contribution in [0.15, 0.2) is 58.3 Å². The number of nitrogens with one attached hydrogen (secondary N) is 1. The molecule has 1 atom stereocenters. The van der Waals surface area contributed by atoms with Crippen LogP contribution >= 0.6 is 0 Å².